The van der Waals surface area contributed by atoms with E-state index in [-0.39, 0.29) is 0 Å². The molecule has 1 aromatic rings. The number of nitrogens with zero attached hydrogens (tertiary/aromatic N) is 2. The van der Waals surface area contributed by atoms with Crippen molar-refractivity contribution >= 4 is 11.3 Å². The van der Waals surface area contributed by atoms with Crippen LogP contribution in [0.5, 0.6) is 5.06 Å². The minimum atomic E-state index is 0.739. The van der Waals surface area contributed by atoms with E-state index in [4.69, 9.17) is 9.47 Å². The van der Waals surface area contributed by atoms with Gasteiger partial charge in [0.25, 0.3) is 0 Å². The van der Waals surface area contributed by atoms with Crippen molar-refractivity contribution in [2.75, 3.05) is 39.5 Å². The Morgan fingerprint density at radius 1 is 1.53 bits per heavy atom. The lowest BCUT2D eigenvalue weighted by Crippen LogP contribution is -2.38. The molecule has 4 nitrogen and oxygen atoms in total. The summed E-state index contributed by atoms with van der Waals surface area (Å²) >= 11 is 1.56. The van der Waals surface area contributed by atoms with E-state index in [1.807, 2.05) is 12.4 Å². The number of ether oxygens (including phenoxy) is 2. The second kappa shape index (κ2) is 5.44. The van der Waals surface area contributed by atoms with Crippen LogP contribution in [0.25, 0.3) is 0 Å². The van der Waals surface area contributed by atoms with E-state index in [1.165, 1.54) is 0 Å². The van der Waals surface area contributed by atoms with Crippen LogP contribution in [0.3, 0.4) is 0 Å². The van der Waals surface area contributed by atoms with Crippen molar-refractivity contribution < 1.29 is 9.47 Å². The summed E-state index contributed by atoms with van der Waals surface area (Å²) in [5.74, 6) is 0. The molecule has 0 unspecified atom stereocenters. The Balaban J connectivity index is 1.68. The minimum Gasteiger partial charge on any atom is -0.481 e. The summed E-state index contributed by atoms with van der Waals surface area (Å²) < 4.78 is 10.9. The first-order valence-electron chi connectivity index (χ1n) is 5.19. The topological polar surface area (TPSA) is 34.6 Å². The zero-order valence-corrected chi connectivity index (χ0v) is 9.76. The molecule has 0 bridgehead atoms. The predicted octanol–water partition coefficient (Wildman–Crippen LogP) is 1.16. The van der Waals surface area contributed by atoms with Crippen LogP contribution < -0.4 is 4.74 Å². The van der Waals surface area contributed by atoms with Crippen LogP contribution in [0.2, 0.25) is 0 Å². The molecular formula is C10H16N2O2S. The van der Waals surface area contributed by atoms with Gasteiger partial charge in [-0.1, -0.05) is 11.3 Å². The number of aryl methyl sites for hydroxylation is 1. The van der Waals surface area contributed by atoms with Crippen molar-refractivity contribution in [1.29, 1.82) is 0 Å². The van der Waals surface area contributed by atoms with Crippen LogP contribution in [-0.2, 0) is 4.74 Å². The third-order valence-electron chi connectivity index (χ3n) is 2.45. The van der Waals surface area contributed by atoms with Gasteiger partial charge in [-0.05, 0) is 6.92 Å². The van der Waals surface area contributed by atoms with E-state index in [2.05, 4.69) is 9.88 Å². The summed E-state index contributed by atoms with van der Waals surface area (Å²) in [5.41, 5.74) is 2.81. The van der Waals surface area contributed by atoms with Crippen LogP contribution >= 0.6 is 11.3 Å². The van der Waals surface area contributed by atoms with Gasteiger partial charge in [0, 0.05) is 19.6 Å². The maximum absolute atomic E-state index is 5.65. The van der Waals surface area contributed by atoms with Gasteiger partial charge >= 0.3 is 0 Å². The maximum atomic E-state index is 5.65. The molecule has 0 saturated carbocycles. The van der Waals surface area contributed by atoms with Gasteiger partial charge in [-0.15, -0.1) is 0 Å². The Morgan fingerprint density at radius 3 is 3.00 bits per heavy atom. The third kappa shape index (κ3) is 3.15. The van der Waals surface area contributed by atoms with Crippen molar-refractivity contribution in [1.82, 2.24) is 9.88 Å². The van der Waals surface area contributed by atoms with Gasteiger partial charge in [0.15, 0.2) is 5.06 Å². The zero-order valence-electron chi connectivity index (χ0n) is 8.94. The van der Waals surface area contributed by atoms with Crippen LogP contribution in [0, 0.1) is 6.92 Å². The number of thiazole rings is 1. The van der Waals surface area contributed by atoms with E-state index in [1.54, 1.807) is 11.3 Å². The van der Waals surface area contributed by atoms with E-state index < -0.39 is 0 Å². The zero-order chi connectivity index (χ0) is 10.5. The van der Waals surface area contributed by atoms with Gasteiger partial charge < -0.3 is 9.47 Å². The molecule has 84 valence electrons. The minimum absolute atomic E-state index is 0.739. The number of hydrogen-bond acceptors (Lipinski definition) is 5. The second-order valence-corrected chi connectivity index (χ2v) is 4.35. The molecule has 1 saturated heterocycles. The summed E-state index contributed by atoms with van der Waals surface area (Å²) in [6.07, 6.45) is 0. The van der Waals surface area contributed by atoms with E-state index in [0.717, 1.165) is 50.2 Å². The fraction of sp³-hybridized carbons (Fsp3) is 0.700. The molecule has 0 radical (unpaired) electrons. The van der Waals surface area contributed by atoms with Crippen molar-refractivity contribution in [3.05, 3.63) is 11.2 Å². The molecule has 1 fully saturated rings. The van der Waals surface area contributed by atoms with E-state index >= 15 is 0 Å². The molecule has 0 aromatic carbocycles. The highest BCUT2D eigenvalue weighted by Crippen LogP contribution is 2.21. The van der Waals surface area contributed by atoms with Crippen LogP contribution in [-0.4, -0.2) is 49.3 Å². The first-order valence-corrected chi connectivity index (χ1v) is 6.07. The predicted molar refractivity (Wildman–Crippen MR) is 59.6 cm³/mol. The summed E-state index contributed by atoms with van der Waals surface area (Å²) in [7, 11) is 0. The molecule has 0 spiro atoms. The monoisotopic (exact) mass is 228 g/mol. The first kappa shape index (κ1) is 10.9. The number of rotatable bonds is 4. The molecule has 2 heterocycles. The molecule has 2 rings (SSSR count). The quantitative estimate of drug-likeness (QED) is 0.774. The maximum Gasteiger partial charge on any atom is 0.196 e. The van der Waals surface area contributed by atoms with Crippen LogP contribution in [0.15, 0.2) is 5.51 Å². The lowest BCUT2D eigenvalue weighted by Gasteiger charge is -2.26. The Kier molecular flexibility index (Phi) is 3.94. The van der Waals surface area contributed by atoms with Gasteiger partial charge in [0.1, 0.15) is 6.61 Å². The molecule has 0 atom stereocenters. The Hall–Kier alpha value is -0.650. The fourth-order valence-electron chi connectivity index (χ4n) is 1.52. The van der Waals surface area contributed by atoms with Gasteiger partial charge in [-0.25, -0.2) is 4.98 Å². The first-order chi connectivity index (χ1) is 7.36. The molecular weight excluding hydrogens is 212 g/mol. The Morgan fingerprint density at radius 2 is 2.33 bits per heavy atom. The molecule has 0 N–H and O–H groups in total. The average Bonchev–Trinajstić information content (AvgIpc) is 2.66. The normalized spacial score (nSPS) is 17.9. The standard InChI is InChI=1S/C10H16N2O2S/c1-9-10(15-8-11-9)14-7-4-12-2-5-13-6-3-12/h8H,2-7H2,1H3. The highest BCUT2D eigenvalue weighted by molar-refractivity contribution is 7.11. The number of hydrogen-bond donors (Lipinski definition) is 0. The van der Waals surface area contributed by atoms with Gasteiger partial charge in [-0.3, -0.25) is 4.90 Å². The highest BCUT2D eigenvalue weighted by Gasteiger charge is 2.10. The second-order valence-electron chi connectivity index (χ2n) is 3.53. The Labute approximate surface area is 93.8 Å². The highest BCUT2D eigenvalue weighted by atomic mass is 32.1. The molecule has 1 aliphatic heterocycles. The average molecular weight is 228 g/mol. The SMILES string of the molecule is Cc1ncsc1OCCN1CCOCC1. The molecule has 1 aromatic heterocycles. The number of morpholine rings is 1. The molecule has 15 heavy (non-hydrogen) atoms. The van der Waals surface area contributed by atoms with Crippen molar-refractivity contribution in [2.45, 2.75) is 6.92 Å². The van der Waals surface area contributed by atoms with Gasteiger partial charge in [0.05, 0.1) is 24.4 Å². The van der Waals surface area contributed by atoms with Crippen LogP contribution in [0.4, 0.5) is 0 Å². The van der Waals surface area contributed by atoms with Crippen LogP contribution in [0.1, 0.15) is 5.69 Å². The van der Waals surface area contributed by atoms with Gasteiger partial charge in [-0.2, -0.15) is 0 Å². The van der Waals surface area contributed by atoms with Crippen molar-refractivity contribution in [3.8, 4) is 5.06 Å². The third-order valence-corrected chi connectivity index (χ3v) is 3.28. The lowest BCUT2D eigenvalue weighted by molar-refractivity contribution is 0.0324. The smallest absolute Gasteiger partial charge is 0.196 e. The largest absolute Gasteiger partial charge is 0.481 e. The summed E-state index contributed by atoms with van der Waals surface area (Å²) in [6.45, 7) is 7.42. The van der Waals surface area contributed by atoms with E-state index in [9.17, 15) is 0 Å². The molecule has 1 aliphatic rings. The summed E-state index contributed by atoms with van der Waals surface area (Å²) in [4.78, 5) is 6.50. The van der Waals surface area contributed by atoms with Crippen molar-refractivity contribution in [3.63, 3.8) is 0 Å². The van der Waals surface area contributed by atoms with Gasteiger partial charge in [0.2, 0.25) is 0 Å². The fourth-order valence-corrected chi connectivity index (χ4v) is 2.20. The summed E-state index contributed by atoms with van der Waals surface area (Å²) in [5, 5.41) is 0.947. The Bertz CT molecular complexity index is 297. The number of aromatic nitrogens is 1. The lowest BCUT2D eigenvalue weighted by atomic mass is 10.4. The molecule has 0 aliphatic carbocycles. The van der Waals surface area contributed by atoms with E-state index in [0.29, 0.717) is 0 Å². The van der Waals surface area contributed by atoms with Crippen molar-refractivity contribution in [2.24, 2.45) is 0 Å². The molecule has 5 heteroatoms. The molecule has 0 amide bonds. The summed E-state index contributed by atoms with van der Waals surface area (Å²) in [6, 6.07) is 0.